The Labute approximate surface area is 162 Å². The van der Waals surface area contributed by atoms with Gasteiger partial charge in [-0.1, -0.05) is 72.8 Å². The minimum Gasteiger partial charge on any atom is -0.238 e. The number of aromatic nitrogens is 3. The zero-order valence-corrected chi connectivity index (χ0v) is 14.9. The maximum Gasteiger partial charge on any atom is 0.226 e. The van der Waals surface area contributed by atoms with Gasteiger partial charge in [0.25, 0.3) is 0 Å². The van der Waals surface area contributed by atoms with Crippen LogP contribution in [0.4, 0.5) is 5.69 Å². The molecule has 0 unspecified atom stereocenters. The molecule has 0 amide bonds. The van der Waals surface area contributed by atoms with Crippen LogP contribution in [0.15, 0.2) is 78.9 Å². The zero-order chi connectivity index (χ0) is 18.6. The molecule has 1 aromatic heterocycles. The van der Waals surface area contributed by atoms with Crippen LogP contribution >= 0.6 is 11.6 Å². The third-order valence-electron chi connectivity index (χ3n) is 4.09. The molecule has 0 radical (unpaired) electrons. The van der Waals surface area contributed by atoms with Crippen LogP contribution in [0.3, 0.4) is 0 Å². The second-order valence-corrected chi connectivity index (χ2v) is 6.20. The molecule has 0 spiro atoms. The summed E-state index contributed by atoms with van der Waals surface area (Å²) in [7, 11) is 0. The number of halogens is 1. The van der Waals surface area contributed by atoms with Gasteiger partial charge in [-0.3, -0.25) is 0 Å². The number of benzene rings is 3. The van der Waals surface area contributed by atoms with Gasteiger partial charge in [-0.05, 0) is 28.8 Å². The van der Waals surface area contributed by atoms with E-state index in [-0.39, 0.29) is 5.28 Å². The molecule has 0 N–H and O–H groups in total. The molecule has 0 bridgehead atoms. The normalized spacial score (nSPS) is 10.4. The van der Waals surface area contributed by atoms with Gasteiger partial charge in [0, 0.05) is 11.1 Å². The number of nitrogens with zero attached hydrogens (tertiary/aromatic N) is 4. The summed E-state index contributed by atoms with van der Waals surface area (Å²) in [6.45, 7) is 7.07. The maximum absolute atomic E-state index is 7.07. The molecular weight excluding hydrogens is 356 g/mol. The van der Waals surface area contributed by atoms with Crippen LogP contribution in [0, 0.1) is 6.57 Å². The summed E-state index contributed by atoms with van der Waals surface area (Å²) in [6.07, 6.45) is 0. The molecule has 5 heteroatoms. The Morgan fingerprint density at radius 1 is 0.630 bits per heavy atom. The lowest BCUT2D eigenvalue weighted by atomic mass is 10.0. The minimum atomic E-state index is 0.158. The number of rotatable bonds is 3. The summed E-state index contributed by atoms with van der Waals surface area (Å²) in [5.41, 5.74) is 4.39. The standard InChI is InChI=1S/C22H13ClN4/c1-24-19-12-10-15(11-13-19)17-8-5-9-18(14-17)21-25-20(26-22(23)27-21)16-6-3-2-4-7-16/h2-14H. The molecule has 4 nitrogen and oxygen atoms in total. The Hall–Kier alpha value is -3.55. The van der Waals surface area contributed by atoms with Crippen LogP contribution in [0.5, 0.6) is 0 Å². The lowest BCUT2D eigenvalue weighted by molar-refractivity contribution is 1.07. The summed E-state index contributed by atoms with van der Waals surface area (Å²) >= 11 is 6.15. The Morgan fingerprint density at radius 3 is 1.96 bits per heavy atom. The Balaban J connectivity index is 1.76. The van der Waals surface area contributed by atoms with E-state index in [9.17, 15) is 0 Å². The predicted octanol–water partition coefficient (Wildman–Crippen LogP) is 6.08. The second kappa shape index (κ2) is 7.36. The van der Waals surface area contributed by atoms with Crippen LogP contribution in [0.1, 0.15) is 0 Å². The van der Waals surface area contributed by atoms with Crippen LogP contribution < -0.4 is 0 Å². The molecule has 3 aromatic carbocycles. The van der Waals surface area contributed by atoms with Crippen molar-refractivity contribution in [1.29, 1.82) is 0 Å². The molecule has 1 heterocycles. The quantitative estimate of drug-likeness (QED) is 0.412. The molecular formula is C22H13ClN4. The van der Waals surface area contributed by atoms with Gasteiger partial charge >= 0.3 is 0 Å². The third kappa shape index (κ3) is 3.69. The van der Waals surface area contributed by atoms with Crippen molar-refractivity contribution in [3.63, 3.8) is 0 Å². The van der Waals surface area contributed by atoms with Gasteiger partial charge in [-0.2, -0.15) is 9.97 Å². The fraction of sp³-hybridized carbons (Fsp3) is 0. The van der Waals surface area contributed by atoms with E-state index in [4.69, 9.17) is 18.2 Å². The van der Waals surface area contributed by atoms with E-state index in [2.05, 4.69) is 19.8 Å². The van der Waals surface area contributed by atoms with Crippen molar-refractivity contribution in [3.05, 3.63) is 95.6 Å². The topological polar surface area (TPSA) is 43.0 Å². The first kappa shape index (κ1) is 16.9. The molecule has 0 fully saturated rings. The summed E-state index contributed by atoms with van der Waals surface area (Å²) < 4.78 is 0. The molecule has 0 aliphatic rings. The van der Waals surface area contributed by atoms with Crippen LogP contribution in [0.2, 0.25) is 5.28 Å². The summed E-state index contributed by atoms with van der Waals surface area (Å²) in [5, 5.41) is 0.158. The molecule has 128 valence electrons. The van der Waals surface area contributed by atoms with E-state index in [1.807, 2.05) is 78.9 Å². The minimum absolute atomic E-state index is 0.158. The Kier molecular flexibility index (Phi) is 4.61. The zero-order valence-electron chi connectivity index (χ0n) is 14.2. The van der Waals surface area contributed by atoms with Crippen LogP contribution in [0.25, 0.3) is 38.7 Å². The van der Waals surface area contributed by atoms with E-state index >= 15 is 0 Å². The molecule has 0 atom stereocenters. The first-order chi connectivity index (χ1) is 13.2. The predicted molar refractivity (Wildman–Crippen MR) is 107 cm³/mol. The van der Waals surface area contributed by atoms with E-state index in [0.29, 0.717) is 17.3 Å². The van der Waals surface area contributed by atoms with Crippen molar-refractivity contribution < 1.29 is 0 Å². The summed E-state index contributed by atoms with van der Waals surface area (Å²) in [6, 6.07) is 25.1. The van der Waals surface area contributed by atoms with Gasteiger partial charge in [-0.25, -0.2) is 9.83 Å². The smallest absolute Gasteiger partial charge is 0.226 e. The molecule has 0 aliphatic carbocycles. The van der Waals surface area contributed by atoms with Crippen molar-refractivity contribution in [2.45, 2.75) is 0 Å². The third-order valence-corrected chi connectivity index (χ3v) is 4.26. The molecule has 4 rings (SSSR count). The molecule has 0 saturated heterocycles. The fourth-order valence-corrected chi connectivity index (χ4v) is 2.92. The van der Waals surface area contributed by atoms with Gasteiger partial charge in [-0.15, -0.1) is 0 Å². The van der Waals surface area contributed by atoms with Gasteiger partial charge in [0.05, 0.1) is 6.57 Å². The van der Waals surface area contributed by atoms with Crippen molar-refractivity contribution in [2.75, 3.05) is 0 Å². The highest BCUT2D eigenvalue weighted by Gasteiger charge is 2.10. The monoisotopic (exact) mass is 368 g/mol. The van der Waals surface area contributed by atoms with Crippen molar-refractivity contribution in [1.82, 2.24) is 15.0 Å². The van der Waals surface area contributed by atoms with Crippen LogP contribution in [-0.2, 0) is 0 Å². The highest BCUT2D eigenvalue weighted by molar-refractivity contribution is 6.28. The highest BCUT2D eigenvalue weighted by Crippen LogP contribution is 2.27. The number of hydrogen-bond acceptors (Lipinski definition) is 3. The average molecular weight is 369 g/mol. The highest BCUT2D eigenvalue weighted by atomic mass is 35.5. The van der Waals surface area contributed by atoms with Crippen molar-refractivity contribution >= 4 is 17.3 Å². The lowest BCUT2D eigenvalue weighted by Crippen LogP contribution is -1.97. The lowest BCUT2D eigenvalue weighted by Gasteiger charge is -2.07. The van der Waals surface area contributed by atoms with Crippen molar-refractivity contribution in [3.8, 4) is 33.9 Å². The SMILES string of the molecule is [C-]#[N+]c1ccc(-c2cccc(-c3nc(Cl)nc(-c4ccccc4)n3)c2)cc1. The number of hydrogen-bond donors (Lipinski definition) is 0. The first-order valence-corrected chi connectivity index (χ1v) is 8.66. The molecule has 4 aromatic rings. The van der Waals surface area contributed by atoms with Crippen LogP contribution in [-0.4, -0.2) is 15.0 Å². The molecule has 0 aliphatic heterocycles. The van der Waals surface area contributed by atoms with E-state index in [0.717, 1.165) is 22.3 Å². The van der Waals surface area contributed by atoms with Crippen molar-refractivity contribution in [2.24, 2.45) is 0 Å². The van der Waals surface area contributed by atoms with E-state index < -0.39 is 0 Å². The van der Waals surface area contributed by atoms with Gasteiger partial charge < -0.3 is 0 Å². The average Bonchev–Trinajstić information content (AvgIpc) is 2.74. The maximum atomic E-state index is 7.07. The molecule has 0 saturated carbocycles. The van der Waals surface area contributed by atoms with E-state index in [1.54, 1.807) is 0 Å². The molecule has 27 heavy (non-hydrogen) atoms. The van der Waals surface area contributed by atoms with Gasteiger partial charge in [0.1, 0.15) is 0 Å². The second-order valence-electron chi connectivity index (χ2n) is 5.86. The largest absolute Gasteiger partial charge is 0.238 e. The summed E-state index contributed by atoms with van der Waals surface area (Å²) in [4.78, 5) is 16.6. The van der Waals surface area contributed by atoms with E-state index in [1.165, 1.54) is 0 Å². The fourth-order valence-electron chi connectivity index (χ4n) is 2.76. The Bertz CT molecular complexity index is 1130. The van der Waals surface area contributed by atoms with Gasteiger partial charge in [0.2, 0.25) is 5.28 Å². The van der Waals surface area contributed by atoms with Gasteiger partial charge in [0.15, 0.2) is 17.3 Å². The Morgan fingerprint density at radius 2 is 1.26 bits per heavy atom. The first-order valence-electron chi connectivity index (χ1n) is 8.28. The summed E-state index contributed by atoms with van der Waals surface area (Å²) in [5.74, 6) is 1.06.